The van der Waals surface area contributed by atoms with Crippen LogP contribution in [0, 0.1) is 6.92 Å². The van der Waals surface area contributed by atoms with Crippen LogP contribution in [0.4, 0.5) is 0 Å². The van der Waals surface area contributed by atoms with Gasteiger partial charge in [-0.3, -0.25) is 4.98 Å². The van der Waals surface area contributed by atoms with Gasteiger partial charge in [0.15, 0.2) is 0 Å². The van der Waals surface area contributed by atoms with Crippen LogP contribution in [-0.4, -0.2) is 20.4 Å². The molecule has 4 nitrogen and oxygen atoms in total. The van der Waals surface area contributed by atoms with Crippen molar-refractivity contribution in [2.24, 2.45) is 0 Å². The lowest BCUT2D eigenvalue weighted by Crippen LogP contribution is -1.78. The SMILES string of the molecule is CC.CC.Cc1cc2n[nH]nc2cn1. The summed E-state index contributed by atoms with van der Waals surface area (Å²) in [4.78, 5) is 4.06. The number of nitrogens with zero attached hydrogens (tertiary/aromatic N) is 3. The molecule has 1 N–H and O–H groups in total. The molecule has 14 heavy (non-hydrogen) atoms. The summed E-state index contributed by atoms with van der Waals surface area (Å²) >= 11 is 0. The van der Waals surface area contributed by atoms with Gasteiger partial charge in [-0.15, -0.1) is 0 Å². The number of aromatic nitrogens is 4. The molecule has 0 radical (unpaired) electrons. The standard InChI is InChI=1S/C6H6N4.2C2H6/c1-4-2-5-6(3-7-4)9-10-8-5;2*1-2/h2-3H,1H3,(H,8,9,10);2*1-2H3. The first kappa shape index (κ1) is 12.6. The highest BCUT2D eigenvalue weighted by atomic mass is 15.3. The highest BCUT2D eigenvalue weighted by Crippen LogP contribution is 2.05. The van der Waals surface area contributed by atoms with Crippen LogP contribution in [0.15, 0.2) is 12.3 Å². The van der Waals surface area contributed by atoms with E-state index < -0.39 is 0 Å². The highest BCUT2D eigenvalue weighted by molar-refractivity contribution is 5.72. The molecule has 2 aromatic rings. The minimum absolute atomic E-state index is 0.811. The molecule has 0 amide bonds. The van der Waals surface area contributed by atoms with Crippen molar-refractivity contribution in [2.45, 2.75) is 34.6 Å². The van der Waals surface area contributed by atoms with Crippen LogP contribution in [0.3, 0.4) is 0 Å². The lowest BCUT2D eigenvalue weighted by molar-refractivity contribution is 0.959. The van der Waals surface area contributed by atoms with Crippen LogP contribution in [0.25, 0.3) is 11.0 Å². The van der Waals surface area contributed by atoms with Crippen molar-refractivity contribution in [2.75, 3.05) is 0 Å². The molecule has 0 saturated heterocycles. The van der Waals surface area contributed by atoms with Crippen molar-refractivity contribution in [1.82, 2.24) is 20.4 Å². The van der Waals surface area contributed by atoms with Crippen molar-refractivity contribution < 1.29 is 0 Å². The van der Waals surface area contributed by atoms with E-state index in [1.54, 1.807) is 6.20 Å². The number of H-pyrrole nitrogens is 1. The summed E-state index contributed by atoms with van der Waals surface area (Å²) in [5.74, 6) is 0. The van der Waals surface area contributed by atoms with Crippen LogP contribution in [0.1, 0.15) is 33.4 Å². The zero-order valence-electron chi connectivity index (χ0n) is 9.50. The molecule has 0 aliphatic rings. The predicted octanol–water partition coefficient (Wildman–Crippen LogP) is 2.71. The fourth-order valence-electron chi connectivity index (χ4n) is 0.847. The Morgan fingerprint density at radius 3 is 2.21 bits per heavy atom. The van der Waals surface area contributed by atoms with Gasteiger partial charge in [0.25, 0.3) is 0 Å². The number of pyridine rings is 1. The molecule has 0 atom stereocenters. The van der Waals surface area contributed by atoms with Gasteiger partial charge in [-0.2, -0.15) is 15.4 Å². The van der Waals surface area contributed by atoms with Gasteiger partial charge in [0.2, 0.25) is 0 Å². The maximum absolute atomic E-state index is 4.06. The number of hydrogen-bond acceptors (Lipinski definition) is 3. The first-order chi connectivity index (χ1) is 6.86. The molecule has 2 heterocycles. The summed E-state index contributed by atoms with van der Waals surface area (Å²) < 4.78 is 0. The summed E-state index contributed by atoms with van der Waals surface area (Å²) in [6.45, 7) is 9.92. The Kier molecular flexibility index (Phi) is 6.28. The average Bonchev–Trinajstić information content (AvgIpc) is 2.71. The lowest BCUT2D eigenvalue weighted by Gasteiger charge is -1.86. The lowest BCUT2D eigenvalue weighted by atomic mass is 10.3. The van der Waals surface area contributed by atoms with E-state index in [4.69, 9.17) is 0 Å². The number of hydrogen-bond donors (Lipinski definition) is 1. The molecule has 4 heteroatoms. The first-order valence-corrected chi connectivity index (χ1v) is 4.99. The van der Waals surface area contributed by atoms with Crippen LogP contribution in [0.2, 0.25) is 0 Å². The molecule has 78 valence electrons. The quantitative estimate of drug-likeness (QED) is 0.701. The summed E-state index contributed by atoms with van der Waals surface area (Å²) in [6.07, 6.45) is 1.70. The maximum Gasteiger partial charge on any atom is 0.131 e. The van der Waals surface area contributed by atoms with E-state index in [2.05, 4.69) is 20.4 Å². The van der Waals surface area contributed by atoms with Gasteiger partial charge in [0, 0.05) is 5.69 Å². The Hall–Kier alpha value is -1.45. The van der Waals surface area contributed by atoms with Crippen LogP contribution in [-0.2, 0) is 0 Å². The van der Waals surface area contributed by atoms with E-state index in [1.807, 2.05) is 40.7 Å². The molecule has 2 rings (SSSR count). The minimum atomic E-state index is 0.811. The van der Waals surface area contributed by atoms with E-state index >= 15 is 0 Å². The molecule has 0 aromatic carbocycles. The second-order valence-electron chi connectivity index (χ2n) is 2.14. The fourth-order valence-corrected chi connectivity index (χ4v) is 0.847. The van der Waals surface area contributed by atoms with Gasteiger partial charge >= 0.3 is 0 Å². The molecular formula is C10H18N4. The molecule has 2 aromatic heterocycles. The Bertz CT molecular complexity index is 354. The van der Waals surface area contributed by atoms with E-state index in [0.29, 0.717) is 0 Å². The third-order valence-corrected chi connectivity index (χ3v) is 1.34. The second kappa shape index (κ2) is 7.00. The third kappa shape index (κ3) is 3.12. The van der Waals surface area contributed by atoms with E-state index in [1.165, 1.54) is 0 Å². The van der Waals surface area contributed by atoms with Gasteiger partial charge in [-0.25, -0.2) is 0 Å². The number of nitrogens with one attached hydrogen (secondary N) is 1. The monoisotopic (exact) mass is 194 g/mol. The van der Waals surface area contributed by atoms with Gasteiger partial charge in [-0.05, 0) is 13.0 Å². The van der Waals surface area contributed by atoms with Crippen molar-refractivity contribution >= 4 is 11.0 Å². The number of fused-ring (bicyclic) bond motifs is 1. The summed E-state index contributed by atoms with van der Waals surface area (Å²) in [5.41, 5.74) is 2.64. The Labute approximate surface area is 84.8 Å². The Balaban J connectivity index is 0.000000379. The van der Waals surface area contributed by atoms with E-state index in [-0.39, 0.29) is 0 Å². The largest absolute Gasteiger partial charge is 0.259 e. The van der Waals surface area contributed by atoms with Crippen molar-refractivity contribution in [3.8, 4) is 0 Å². The Morgan fingerprint density at radius 1 is 1.00 bits per heavy atom. The first-order valence-electron chi connectivity index (χ1n) is 4.99. The molecule has 0 fully saturated rings. The molecule has 0 spiro atoms. The van der Waals surface area contributed by atoms with Crippen LogP contribution in [0.5, 0.6) is 0 Å². The number of aryl methyl sites for hydroxylation is 1. The number of rotatable bonds is 0. The normalized spacial score (nSPS) is 8.36. The van der Waals surface area contributed by atoms with Crippen molar-refractivity contribution in [3.63, 3.8) is 0 Å². The minimum Gasteiger partial charge on any atom is -0.259 e. The summed E-state index contributed by atoms with van der Waals surface area (Å²) in [7, 11) is 0. The zero-order valence-corrected chi connectivity index (χ0v) is 9.50. The van der Waals surface area contributed by atoms with Gasteiger partial charge < -0.3 is 0 Å². The fraction of sp³-hybridized carbons (Fsp3) is 0.500. The topological polar surface area (TPSA) is 54.5 Å². The molecule has 0 bridgehead atoms. The molecular weight excluding hydrogens is 176 g/mol. The summed E-state index contributed by atoms with van der Waals surface area (Å²) in [5, 5.41) is 10.3. The smallest absolute Gasteiger partial charge is 0.131 e. The molecule has 0 aliphatic carbocycles. The van der Waals surface area contributed by atoms with Gasteiger partial charge in [0.05, 0.1) is 6.20 Å². The van der Waals surface area contributed by atoms with Gasteiger partial charge in [0.1, 0.15) is 11.0 Å². The van der Waals surface area contributed by atoms with E-state index in [9.17, 15) is 0 Å². The number of aromatic amines is 1. The predicted molar refractivity (Wildman–Crippen MR) is 59.1 cm³/mol. The van der Waals surface area contributed by atoms with Crippen LogP contribution < -0.4 is 0 Å². The maximum atomic E-state index is 4.06. The third-order valence-electron chi connectivity index (χ3n) is 1.34. The molecule has 0 saturated carbocycles. The summed E-state index contributed by atoms with van der Waals surface area (Å²) in [6, 6.07) is 1.89. The van der Waals surface area contributed by atoms with Crippen molar-refractivity contribution in [3.05, 3.63) is 18.0 Å². The van der Waals surface area contributed by atoms with Crippen molar-refractivity contribution in [1.29, 1.82) is 0 Å². The Morgan fingerprint density at radius 2 is 1.57 bits per heavy atom. The second-order valence-corrected chi connectivity index (χ2v) is 2.14. The van der Waals surface area contributed by atoms with Crippen LogP contribution >= 0.6 is 0 Å². The van der Waals surface area contributed by atoms with E-state index in [0.717, 1.165) is 16.7 Å². The highest BCUT2D eigenvalue weighted by Gasteiger charge is 1.95. The zero-order chi connectivity index (χ0) is 11.0. The van der Waals surface area contributed by atoms with Gasteiger partial charge in [-0.1, -0.05) is 27.7 Å². The molecule has 0 unspecified atom stereocenters. The molecule has 0 aliphatic heterocycles. The average molecular weight is 194 g/mol.